The minimum absolute atomic E-state index is 0.130. The number of nitrogens with one attached hydrogen (secondary N) is 1. The number of imide groups is 1. The van der Waals surface area contributed by atoms with Crippen molar-refractivity contribution in [3.63, 3.8) is 0 Å². The van der Waals surface area contributed by atoms with Gasteiger partial charge in [0.05, 0.1) is 23.4 Å². The minimum Gasteiger partial charge on any atom is -0.452 e. The van der Waals surface area contributed by atoms with Crippen molar-refractivity contribution in [2.24, 2.45) is 5.92 Å². The number of benzene rings is 2. The average Bonchev–Trinajstić information content (AvgIpc) is 2.82. The second kappa shape index (κ2) is 10.3. The second-order valence-corrected chi connectivity index (χ2v) is 8.27. The van der Waals surface area contributed by atoms with Crippen molar-refractivity contribution in [3.05, 3.63) is 77.0 Å². The number of aromatic nitrogens is 1. The molecule has 1 aliphatic carbocycles. The number of amides is 2. The highest BCUT2D eigenvalue weighted by Crippen LogP contribution is 2.38. The van der Waals surface area contributed by atoms with E-state index in [9.17, 15) is 14.4 Å². The third-order valence-corrected chi connectivity index (χ3v) is 5.61. The van der Waals surface area contributed by atoms with E-state index in [1.165, 1.54) is 0 Å². The maximum Gasteiger partial charge on any atom is 0.413 e. The molecular formula is C27H26N2O5. The van der Waals surface area contributed by atoms with E-state index in [0.29, 0.717) is 28.8 Å². The highest BCUT2D eigenvalue weighted by atomic mass is 16.6. The van der Waals surface area contributed by atoms with Gasteiger partial charge in [0.25, 0.3) is 5.91 Å². The van der Waals surface area contributed by atoms with Gasteiger partial charge in [0, 0.05) is 5.39 Å². The molecule has 1 unspecified atom stereocenters. The molecule has 1 heterocycles. The zero-order valence-electron chi connectivity index (χ0n) is 19.2. The number of esters is 1. The molecule has 1 aromatic heterocycles. The lowest BCUT2D eigenvalue weighted by molar-refractivity contribution is -0.123. The van der Waals surface area contributed by atoms with Crippen molar-refractivity contribution in [1.29, 1.82) is 0 Å². The number of alkyl carbamates (subject to hydrolysis) is 1. The van der Waals surface area contributed by atoms with Gasteiger partial charge in [-0.25, -0.2) is 14.6 Å². The molecule has 7 heteroatoms. The fourth-order valence-electron chi connectivity index (χ4n) is 4.24. The smallest absolute Gasteiger partial charge is 0.413 e. The van der Waals surface area contributed by atoms with Crippen LogP contribution in [-0.4, -0.2) is 36.2 Å². The van der Waals surface area contributed by atoms with Gasteiger partial charge in [-0.05, 0) is 54.5 Å². The molecule has 0 spiro atoms. The van der Waals surface area contributed by atoms with Crippen molar-refractivity contribution in [2.75, 3.05) is 13.2 Å². The van der Waals surface area contributed by atoms with E-state index < -0.39 is 24.6 Å². The number of carbonyl (C=O) groups excluding carboxylic acids is 3. The van der Waals surface area contributed by atoms with Gasteiger partial charge in [-0.1, -0.05) is 55.5 Å². The van der Waals surface area contributed by atoms with Crippen LogP contribution in [0.3, 0.4) is 0 Å². The number of fused-ring (bicyclic) bond motifs is 2. The first-order valence-electron chi connectivity index (χ1n) is 11.3. The largest absolute Gasteiger partial charge is 0.452 e. The molecular weight excluding hydrogens is 432 g/mol. The number of carbonyl (C=O) groups is 3. The van der Waals surface area contributed by atoms with Crippen molar-refractivity contribution in [2.45, 2.75) is 26.7 Å². The second-order valence-electron chi connectivity index (χ2n) is 8.27. The summed E-state index contributed by atoms with van der Waals surface area (Å²) in [4.78, 5) is 41.6. The summed E-state index contributed by atoms with van der Waals surface area (Å²) >= 11 is 0. The Hall–Kier alpha value is -4.00. The summed E-state index contributed by atoms with van der Waals surface area (Å²) in [6, 6.07) is 17.4. The van der Waals surface area contributed by atoms with E-state index in [1.807, 2.05) is 59.9 Å². The molecule has 0 radical (unpaired) electrons. The molecule has 34 heavy (non-hydrogen) atoms. The van der Waals surface area contributed by atoms with Crippen LogP contribution in [0.5, 0.6) is 0 Å². The number of pyridine rings is 1. The zero-order chi connectivity index (χ0) is 24.1. The molecule has 0 aliphatic heterocycles. The number of hydrogen-bond donors (Lipinski definition) is 1. The molecule has 2 aromatic carbocycles. The molecule has 1 N–H and O–H groups in total. The fourth-order valence-corrected chi connectivity index (χ4v) is 4.24. The molecule has 1 aliphatic rings. The summed E-state index contributed by atoms with van der Waals surface area (Å²) in [5.74, 6) is -1.08. The molecule has 0 fully saturated rings. The van der Waals surface area contributed by atoms with Crippen LogP contribution in [-0.2, 0) is 20.7 Å². The Morgan fingerprint density at radius 3 is 2.53 bits per heavy atom. The van der Waals surface area contributed by atoms with Gasteiger partial charge in [-0.15, -0.1) is 0 Å². The van der Waals surface area contributed by atoms with E-state index in [0.717, 1.165) is 28.8 Å². The first-order valence-corrected chi connectivity index (χ1v) is 11.3. The average molecular weight is 459 g/mol. The number of hydrogen-bond acceptors (Lipinski definition) is 6. The lowest BCUT2D eigenvalue weighted by Crippen LogP contribution is -2.34. The topological polar surface area (TPSA) is 94.6 Å². The number of para-hydroxylation sites is 1. The molecule has 4 rings (SSSR count). The molecule has 174 valence electrons. The number of nitrogens with zero attached hydrogens (tertiary/aromatic N) is 1. The highest BCUT2D eigenvalue weighted by molar-refractivity contribution is 6.07. The molecule has 1 atom stereocenters. The predicted molar refractivity (Wildman–Crippen MR) is 129 cm³/mol. The monoisotopic (exact) mass is 458 g/mol. The van der Waals surface area contributed by atoms with E-state index in [4.69, 9.17) is 9.72 Å². The molecule has 2 amide bonds. The molecule has 0 bridgehead atoms. The van der Waals surface area contributed by atoms with Gasteiger partial charge < -0.3 is 9.47 Å². The normalized spacial score (nSPS) is 16.1. The summed E-state index contributed by atoms with van der Waals surface area (Å²) < 4.78 is 10.0. The van der Waals surface area contributed by atoms with Crippen molar-refractivity contribution in [1.82, 2.24) is 10.3 Å². The first kappa shape index (κ1) is 23.2. The number of rotatable bonds is 5. The van der Waals surface area contributed by atoms with Crippen molar-refractivity contribution in [3.8, 4) is 0 Å². The van der Waals surface area contributed by atoms with Gasteiger partial charge in [0.15, 0.2) is 6.61 Å². The van der Waals surface area contributed by atoms with E-state index in [-0.39, 0.29) is 6.61 Å². The number of ether oxygens (including phenoxy) is 2. The minimum atomic E-state index is -0.875. The van der Waals surface area contributed by atoms with E-state index >= 15 is 0 Å². The summed E-state index contributed by atoms with van der Waals surface area (Å²) in [5, 5.41) is 2.70. The van der Waals surface area contributed by atoms with Crippen LogP contribution >= 0.6 is 0 Å². The third kappa shape index (κ3) is 5.14. The zero-order valence-corrected chi connectivity index (χ0v) is 19.2. The Labute approximate surface area is 197 Å². The van der Waals surface area contributed by atoms with E-state index in [2.05, 4.69) is 17.7 Å². The van der Waals surface area contributed by atoms with Crippen LogP contribution in [0.2, 0.25) is 0 Å². The Kier molecular flexibility index (Phi) is 7.01. The molecule has 3 aromatic rings. The van der Waals surface area contributed by atoms with Gasteiger partial charge in [0.1, 0.15) is 0 Å². The van der Waals surface area contributed by atoms with Crippen molar-refractivity contribution >= 4 is 40.5 Å². The van der Waals surface area contributed by atoms with E-state index in [1.54, 1.807) is 6.92 Å². The summed E-state index contributed by atoms with van der Waals surface area (Å²) in [6.07, 6.45) is 2.74. The Morgan fingerprint density at radius 1 is 1.03 bits per heavy atom. The molecule has 0 saturated carbocycles. The lowest BCUT2D eigenvalue weighted by Gasteiger charge is -2.26. The lowest BCUT2D eigenvalue weighted by atomic mass is 9.80. The summed E-state index contributed by atoms with van der Waals surface area (Å²) in [6.45, 7) is 3.30. The fraction of sp³-hybridized carbons (Fsp3) is 0.259. The van der Waals surface area contributed by atoms with Gasteiger partial charge in [-0.3, -0.25) is 10.1 Å². The standard InChI is InChI=1S/C27H26N2O5/c1-3-33-27(32)29-23(30)16-34-26(31)24-20-11-7-8-12-22(20)28-25-19(13-17(2)14-21(24)25)15-18-9-5-4-6-10-18/h4-12,15,17H,3,13-14,16H2,1-2H3,(H,29,30,32). The van der Waals surface area contributed by atoms with Crippen LogP contribution in [0.25, 0.3) is 22.6 Å². The van der Waals surface area contributed by atoms with Crippen LogP contribution in [0, 0.1) is 5.92 Å². The maximum absolute atomic E-state index is 13.3. The summed E-state index contributed by atoms with van der Waals surface area (Å²) in [5.41, 5.74) is 4.80. The van der Waals surface area contributed by atoms with Crippen molar-refractivity contribution < 1.29 is 23.9 Å². The van der Waals surface area contributed by atoms with Gasteiger partial charge in [0.2, 0.25) is 0 Å². The first-order chi connectivity index (χ1) is 16.5. The molecule has 0 saturated heterocycles. The Balaban J connectivity index is 1.72. The highest BCUT2D eigenvalue weighted by Gasteiger charge is 2.29. The summed E-state index contributed by atoms with van der Waals surface area (Å²) in [7, 11) is 0. The van der Waals surface area contributed by atoms with Crippen LogP contribution in [0.4, 0.5) is 4.79 Å². The Bertz CT molecular complexity index is 1270. The molecule has 7 nitrogen and oxygen atoms in total. The maximum atomic E-state index is 13.3. The third-order valence-electron chi connectivity index (χ3n) is 5.61. The predicted octanol–water partition coefficient (Wildman–Crippen LogP) is 4.79. The van der Waals surface area contributed by atoms with Gasteiger partial charge in [-0.2, -0.15) is 0 Å². The number of allylic oxidation sites excluding steroid dienone is 1. The quantitative estimate of drug-likeness (QED) is 0.553. The SMILES string of the molecule is CCOC(=O)NC(=O)COC(=O)c1c2c(nc3ccccc13)C(=Cc1ccccc1)CC(C)C2. The van der Waals surface area contributed by atoms with Crippen LogP contribution in [0.15, 0.2) is 54.6 Å². The van der Waals surface area contributed by atoms with Crippen LogP contribution < -0.4 is 5.32 Å². The van der Waals surface area contributed by atoms with Gasteiger partial charge >= 0.3 is 12.1 Å². The van der Waals surface area contributed by atoms with Crippen LogP contribution in [0.1, 0.15) is 47.4 Å². The Morgan fingerprint density at radius 2 is 1.76 bits per heavy atom.